The van der Waals surface area contributed by atoms with Crippen LogP contribution in [0.3, 0.4) is 0 Å². The number of nitrogens with zero attached hydrogens (tertiary/aromatic N) is 4. The predicted molar refractivity (Wildman–Crippen MR) is 106 cm³/mol. The zero-order chi connectivity index (χ0) is 19.3. The molecule has 144 valence electrons. The lowest BCUT2D eigenvalue weighted by molar-refractivity contribution is 0.278. The topological polar surface area (TPSA) is 84.0 Å². The molecule has 3 aromatic rings. The van der Waals surface area contributed by atoms with Gasteiger partial charge < -0.3 is 9.72 Å². The van der Waals surface area contributed by atoms with Crippen LogP contribution in [0.15, 0.2) is 47.7 Å². The second kappa shape index (κ2) is 8.31. The van der Waals surface area contributed by atoms with E-state index in [1.807, 2.05) is 19.1 Å². The molecule has 0 fully saturated rings. The van der Waals surface area contributed by atoms with Crippen molar-refractivity contribution in [1.29, 1.82) is 0 Å². The van der Waals surface area contributed by atoms with Crippen LogP contribution < -0.4 is 10.3 Å². The zero-order valence-corrected chi connectivity index (χ0v) is 15.9. The number of nitrogens with one attached hydrogen (secondary N) is 1. The van der Waals surface area contributed by atoms with Gasteiger partial charge in [-0.05, 0) is 31.0 Å². The summed E-state index contributed by atoms with van der Waals surface area (Å²) in [5.41, 5.74) is 3.38. The van der Waals surface area contributed by atoms with Crippen LogP contribution >= 0.6 is 0 Å². The summed E-state index contributed by atoms with van der Waals surface area (Å²) in [7, 11) is 0. The third-order valence-electron chi connectivity index (χ3n) is 4.89. The van der Waals surface area contributed by atoms with Gasteiger partial charge in [-0.2, -0.15) is 0 Å². The highest BCUT2D eigenvalue weighted by Gasteiger charge is 2.19. The highest BCUT2D eigenvalue weighted by Crippen LogP contribution is 2.18. The maximum absolute atomic E-state index is 12.6. The number of rotatable bonds is 5. The summed E-state index contributed by atoms with van der Waals surface area (Å²) >= 11 is 0. The first-order valence-corrected chi connectivity index (χ1v) is 9.55. The molecular formula is C21H23N5O2. The number of benzene rings is 1. The number of hydrogen-bond donors (Lipinski definition) is 1. The Morgan fingerprint density at radius 1 is 1.14 bits per heavy atom. The Morgan fingerprint density at radius 2 is 1.96 bits per heavy atom. The average molecular weight is 377 g/mol. The molecule has 0 saturated carbocycles. The van der Waals surface area contributed by atoms with Crippen molar-refractivity contribution in [3.05, 3.63) is 70.0 Å². The van der Waals surface area contributed by atoms with Gasteiger partial charge >= 0.3 is 0 Å². The predicted octanol–water partition coefficient (Wildman–Crippen LogP) is 2.23. The van der Waals surface area contributed by atoms with Crippen LogP contribution in [0, 0.1) is 0 Å². The van der Waals surface area contributed by atoms with E-state index in [2.05, 4.69) is 37.0 Å². The van der Waals surface area contributed by atoms with Gasteiger partial charge in [-0.25, -0.2) is 9.97 Å². The van der Waals surface area contributed by atoms with E-state index in [-0.39, 0.29) is 5.56 Å². The van der Waals surface area contributed by atoms with Crippen molar-refractivity contribution in [3.63, 3.8) is 0 Å². The second-order valence-electron chi connectivity index (χ2n) is 6.78. The summed E-state index contributed by atoms with van der Waals surface area (Å²) < 4.78 is 5.50. The number of fused-ring (bicyclic) bond motifs is 1. The van der Waals surface area contributed by atoms with E-state index in [9.17, 15) is 4.79 Å². The molecular weight excluding hydrogens is 354 g/mol. The minimum absolute atomic E-state index is 0.0754. The van der Waals surface area contributed by atoms with E-state index < -0.39 is 0 Å². The number of hydrogen-bond acceptors (Lipinski definition) is 6. The molecule has 1 aliphatic rings. The van der Waals surface area contributed by atoms with E-state index in [0.717, 1.165) is 43.1 Å². The van der Waals surface area contributed by atoms with Gasteiger partial charge in [0.2, 0.25) is 0 Å². The van der Waals surface area contributed by atoms with Gasteiger partial charge in [0.05, 0.1) is 18.5 Å². The molecule has 2 aromatic heterocycles. The van der Waals surface area contributed by atoms with Crippen LogP contribution in [0.4, 0.5) is 0 Å². The van der Waals surface area contributed by atoms with Crippen LogP contribution in [0.25, 0.3) is 11.5 Å². The lowest BCUT2D eigenvalue weighted by Gasteiger charge is -2.19. The van der Waals surface area contributed by atoms with Gasteiger partial charge in [-0.1, -0.05) is 12.1 Å². The highest BCUT2D eigenvalue weighted by atomic mass is 16.5. The smallest absolute Gasteiger partial charge is 0.254 e. The molecule has 0 radical (unpaired) electrons. The maximum atomic E-state index is 12.6. The van der Waals surface area contributed by atoms with Gasteiger partial charge in [0.15, 0.2) is 5.82 Å². The Labute approximate surface area is 163 Å². The Bertz CT molecular complexity index is 986. The molecule has 0 amide bonds. The van der Waals surface area contributed by atoms with Crippen LogP contribution in [0.2, 0.25) is 0 Å². The molecule has 1 aliphatic heterocycles. The molecule has 1 aromatic carbocycles. The number of ether oxygens (including phenoxy) is 1. The number of aromatic nitrogens is 4. The fraction of sp³-hybridized carbons (Fsp3) is 0.333. The van der Waals surface area contributed by atoms with E-state index in [0.29, 0.717) is 24.5 Å². The van der Waals surface area contributed by atoms with Crippen molar-refractivity contribution in [2.24, 2.45) is 0 Å². The first-order valence-electron chi connectivity index (χ1n) is 9.55. The van der Waals surface area contributed by atoms with Gasteiger partial charge in [-0.3, -0.25) is 14.7 Å². The summed E-state index contributed by atoms with van der Waals surface area (Å²) in [6, 6.07) is 8.20. The fourth-order valence-corrected chi connectivity index (χ4v) is 3.47. The molecule has 0 atom stereocenters. The Balaban J connectivity index is 1.49. The molecule has 28 heavy (non-hydrogen) atoms. The molecule has 3 heterocycles. The highest BCUT2D eigenvalue weighted by molar-refractivity contribution is 5.47. The SMILES string of the molecule is CCOc1ccc(CN2CCc3nc(-c4cnccn4)[nH]c(=O)c3CC2)cc1. The van der Waals surface area contributed by atoms with Crippen molar-refractivity contribution in [1.82, 2.24) is 24.8 Å². The van der Waals surface area contributed by atoms with Crippen molar-refractivity contribution in [2.45, 2.75) is 26.3 Å². The standard InChI is InChI=1S/C21H23N5O2/c1-2-28-16-5-3-15(4-6-16)14-26-11-7-17-18(8-12-26)24-20(25-21(17)27)19-13-22-9-10-23-19/h3-6,9-10,13H,2,7-8,11-12,14H2,1H3,(H,24,25,27). The molecule has 7 heteroatoms. The minimum atomic E-state index is -0.0754. The van der Waals surface area contributed by atoms with Crippen LogP contribution in [-0.4, -0.2) is 44.5 Å². The summed E-state index contributed by atoms with van der Waals surface area (Å²) in [4.78, 5) is 30.8. The Hall–Kier alpha value is -3.06. The third kappa shape index (κ3) is 4.09. The average Bonchev–Trinajstić information content (AvgIpc) is 2.93. The van der Waals surface area contributed by atoms with Crippen LogP contribution in [0.5, 0.6) is 5.75 Å². The first-order chi connectivity index (χ1) is 13.7. The number of H-pyrrole nitrogens is 1. The maximum Gasteiger partial charge on any atom is 0.254 e. The molecule has 0 aliphatic carbocycles. The normalized spacial score (nSPS) is 14.3. The monoisotopic (exact) mass is 377 g/mol. The van der Waals surface area contributed by atoms with E-state index in [1.165, 1.54) is 5.56 Å². The zero-order valence-electron chi connectivity index (χ0n) is 15.9. The van der Waals surface area contributed by atoms with E-state index >= 15 is 0 Å². The van der Waals surface area contributed by atoms with Crippen molar-refractivity contribution >= 4 is 0 Å². The lowest BCUT2D eigenvalue weighted by Crippen LogP contribution is -2.26. The van der Waals surface area contributed by atoms with E-state index in [1.54, 1.807) is 18.6 Å². The van der Waals surface area contributed by atoms with Crippen LogP contribution in [0.1, 0.15) is 23.7 Å². The fourth-order valence-electron chi connectivity index (χ4n) is 3.47. The van der Waals surface area contributed by atoms with Gasteiger partial charge in [0.25, 0.3) is 5.56 Å². The summed E-state index contributed by atoms with van der Waals surface area (Å²) in [5.74, 6) is 1.37. The summed E-state index contributed by atoms with van der Waals surface area (Å²) in [6.45, 7) is 5.18. The first kappa shape index (κ1) is 18.3. The third-order valence-corrected chi connectivity index (χ3v) is 4.89. The molecule has 7 nitrogen and oxygen atoms in total. The second-order valence-corrected chi connectivity index (χ2v) is 6.78. The Kier molecular flexibility index (Phi) is 5.43. The summed E-state index contributed by atoms with van der Waals surface area (Å²) in [6.07, 6.45) is 6.24. The van der Waals surface area contributed by atoms with Gasteiger partial charge in [0.1, 0.15) is 11.4 Å². The van der Waals surface area contributed by atoms with Gasteiger partial charge in [0, 0.05) is 44.0 Å². The van der Waals surface area contributed by atoms with Crippen molar-refractivity contribution in [3.8, 4) is 17.3 Å². The summed E-state index contributed by atoms with van der Waals surface area (Å²) in [5, 5.41) is 0. The molecule has 0 spiro atoms. The molecule has 0 bridgehead atoms. The molecule has 4 rings (SSSR count). The molecule has 0 saturated heterocycles. The van der Waals surface area contributed by atoms with Gasteiger partial charge in [-0.15, -0.1) is 0 Å². The quantitative estimate of drug-likeness (QED) is 0.734. The van der Waals surface area contributed by atoms with E-state index in [4.69, 9.17) is 4.74 Å². The largest absolute Gasteiger partial charge is 0.494 e. The molecule has 0 unspecified atom stereocenters. The van der Waals surface area contributed by atoms with Crippen LogP contribution in [-0.2, 0) is 19.4 Å². The molecule has 1 N–H and O–H groups in total. The number of aromatic amines is 1. The lowest BCUT2D eigenvalue weighted by atomic mass is 10.1. The van der Waals surface area contributed by atoms with Crippen molar-refractivity contribution in [2.75, 3.05) is 19.7 Å². The van der Waals surface area contributed by atoms with Crippen molar-refractivity contribution < 1.29 is 4.74 Å². The minimum Gasteiger partial charge on any atom is -0.494 e. The Morgan fingerprint density at radius 3 is 2.71 bits per heavy atom.